The van der Waals surface area contributed by atoms with Crippen molar-refractivity contribution >= 4 is 29.5 Å². The van der Waals surface area contributed by atoms with Crippen LogP contribution in [0.15, 0.2) is 12.1 Å². The van der Waals surface area contributed by atoms with Crippen molar-refractivity contribution in [1.29, 1.82) is 0 Å². The standard InChI is InChI=1S/C17H23ClN2O6/c1-5-19-17(23)20-14(21)9-26-16(22)11-6-12(18)15(13(7-11)24-4)25-8-10(2)3/h6-7,10H,5,8-9H2,1-4H3,(H2,19,20,21,23). The minimum atomic E-state index is -0.786. The Bertz CT molecular complexity index is 663. The number of benzene rings is 1. The van der Waals surface area contributed by atoms with Crippen molar-refractivity contribution in [2.24, 2.45) is 5.92 Å². The fourth-order valence-electron chi connectivity index (χ4n) is 1.81. The van der Waals surface area contributed by atoms with Crippen LogP contribution in [0, 0.1) is 5.92 Å². The Morgan fingerprint density at radius 3 is 2.50 bits per heavy atom. The van der Waals surface area contributed by atoms with Crippen LogP contribution < -0.4 is 20.1 Å². The molecular formula is C17H23ClN2O6. The van der Waals surface area contributed by atoms with Crippen LogP contribution in [0.25, 0.3) is 0 Å². The van der Waals surface area contributed by atoms with Crippen molar-refractivity contribution in [1.82, 2.24) is 10.6 Å². The molecule has 0 bridgehead atoms. The number of carbonyl (C=O) groups is 3. The zero-order valence-electron chi connectivity index (χ0n) is 15.2. The zero-order valence-corrected chi connectivity index (χ0v) is 15.9. The van der Waals surface area contributed by atoms with E-state index in [-0.39, 0.29) is 22.3 Å². The number of esters is 1. The average Bonchev–Trinajstić information content (AvgIpc) is 2.57. The maximum Gasteiger partial charge on any atom is 0.338 e. The normalized spacial score (nSPS) is 10.2. The molecule has 8 nitrogen and oxygen atoms in total. The molecule has 0 aliphatic rings. The summed E-state index contributed by atoms with van der Waals surface area (Å²) in [4.78, 5) is 34.8. The number of hydrogen-bond donors (Lipinski definition) is 2. The van der Waals surface area contributed by atoms with Gasteiger partial charge in [-0.25, -0.2) is 9.59 Å². The Kier molecular flexibility index (Phi) is 8.71. The van der Waals surface area contributed by atoms with Crippen molar-refractivity contribution in [3.63, 3.8) is 0 Å². The second kappa shape index (κ2) is 10.5. The SMILES string of the molecule is CCNC(=O)NC(=O)COC(=O)c1cc(Cl)c(OCC(C)C)c(OC)c1. The third-order valence-electron chi connectivity index (χ3n) is 2.95. The minimum Gasteiger partial charge on any atom is -0.493 e. The third-order valence-corrected chi connectivity index (χ3v) is 3.23. The smallest absolute Gasteiger partial charge is 0.338 e. The number of halogens is 1. The summed E-state index contributed by atoms with van der Waals surface area (Å²) in [5.41, 5.74) is 0.0922. The molecule has 1 aromatic carbocycles. The molecule has 26 heavy (non-hydrogen) atoms. The van der Waals surface area contributed by atoms with Gasteiger partial charge in [0.15, 0.2) is 18.1 Å². The number of imide groups is 1. The van der Waals surface area contributed by atoms with E-state index in [1.807, 2.05) is 19.2 Å². The van der Waals surface area contributed by atoms with Crippen LogP contribution in [0.2, 0.25) is 5.02 Å². The first-order chi connectivity index (χ1) is 12.3. The van der Waals surface area contributed by atoms with Crippen LogP contribution in [-0.4, -0.2) is 44.8 Å². The van der Waals surface area contributed by atoms with Crippen LogP contribution in [0.5, 0.6) is 11.5 Å². The Morgan fingerprint density at radius 1 is 1.23 bits per heavy atom. The molecule has 0 fully saturated rings. The van der Waals surface area contributed by atoms with E-state index in [1.54, 1.807) is 6.92 Å². The van der Waals surface area contributed by atoms with Gasteiger partial charge in [0.05, 0.1) is 24.3 Å². The van der Waals surface area contributed by atoms with Gasteiger partial charge in [-0.2, -0.15) is 0 Å². The van der Waals surface area contributed by atoms with Crippen molar-refractivity contribution in [2.75, 3.05) is 26.9 Å². The first-order valence-electron chi connectivity index (χ1n) is 8.03. The molecule has 0 saturated heterocycles. The highest BCUT2D eigenvalue weighted by Crippen LogP contribution is 2.36. The van der Waals surface area contributed by atoms with E-state index in [1.165, 1.54) is 19.2 Å². The molecule has 0 aliphatic carbocycles. The quantitative estimate of drug-likeness (QED) is 0.665. The number of nitrogens with one attached hydrogen (secondary N) is 2. The summed E-state index contributed by atoms with van der Waals surface area (Å²) in [7, 11) is 1.42. The molecule has 0 aliphatic heterocycles. The second-order valence-corrected chi connectivity index (χ2v) is 6.09. The molecular weight excluding hydrogens is 364 g/mol. The highest BCUT2D eigenvalue weighted by atomic mass is 35.5. The number of methoxy groups -OCH3 is 1. The highest BCUT2D eigenvalue weighted by Gasteiger charge is 2.18. The number of carbonyl (C=O) groups excluding carboxylic acids is 3. The molecule has 2 N–H and O–H groups in total. The molecule has 0 radical (unpaired) electrons. The summed E-state index contributed by atoms with van der Waals surface area (Å²) in [6.45, 7) is 5.86. The van der Waals surface area contributed by atoms with Crippen molar-refractivity contribution in [3.05, 3.63) is 22.7 Å². The summed E-state index contributed by atoms with van der Waals surface area (Å²) in [6.07, 6.45) is 0. The minimum absolute atomic E-state index is 0.0922. The van der Waals surface area contributed by atoms with Gasteiger partial charge in [-0.1, -0.05) is 25.4 Å². The lowest BCUT2D eigenvalue weighted by atomic mass is 10.2. The lowest BCUT2D eigenvalue weighted by Gasteiger charge is -2.15. The molecule has 0 unspecified atom stereocenters. The average molecular weight is 387 g/mol. The van der Waals surface area contributed by atoms with E-state index in [0.717, 1.165) is 0 Å². The van der Waals surface area contributed by atoms with E-state index in [0.29, 0.717) is 18.9 Å². The largest absolute Gasteiger partial charge is 0.493 e. The summed E-state index contributed by atoms with van der Waals surface area (Å²) in [5.74, 6) is -0.653. The van der Waals surface area contributed by atoms with Gasteiger partial charge in [0.2, 0.25) is 0 Å². The molecule has 1 rings (SSSR count). The van der Waals surface area contributed by atoms with Gasteiger partial charge in [-0.05, 0) is 25.0 Å². The van der Waals surface area contributed by atoms with Crippen LogP contribution >= 0.6 is 11.6 Å². The highest BCUT2D eigenvalue weighted by molar-refractivity contribution is 6.32. The maximum absolute atomic E-state index is 12.1. The first kappa shape index (κ1) is 21.6. The van der Waals surface area contributed by atoms with Crippen LogP contribution in [0.1, 0.15) is 31.1 Å². The summed E-state index contributed by atoms with van der Waals surface area (Å²) in [5, 5.41) is 4.59. The third kappa shape index (κ3) is 6.79. The summed E-state index contributed by atoms with van der Waals surface area (Å²) < 4.78 is 15.7. The molecule has 144 valence electrons. The van der Waals surface area contributed by atoms with E-state index in [9.17, 15) is 14.4 Å². The molecule has 0 atom stereocenters. The Labute approximate surface area is 157 Å². The van der Waals surface area contributed by atoms with Crippen LogP contribution in [0.4, 0.5) is 4.79 Å². The molecule has 1 aromatic rings. The van der Waals surface area contributed by atoms with Crippen LogP contribution in [0.3, 0.4) is 0 Å². The zero-order chi connectivity index (χ0) is 19.7. The monoisotopic (exact) mass is 386 g/mol. The van der Waals surface area contributed by atoms with Gasteiger partial charge in [0, 0.05) is 6.54 Å². The summed E-state index contributed by atoms with van der Waals surface area (Å²) >= 11 is 6.16. The molecule has 9 heteroatoms. The van der Waals surface area contributed by atoms with Gasteiger partial charge in [0.1, 0.15) is 0 Å². The van der Waals surface area contributed by atoms with Gasteiger partial charge >= 0.3 is 12.0 Å². The predicted molar refractivity (Wildman–Crippen MR) is 95.8 cm³/mol. The van der Waals surface area contributed by atoms with Crippen molar-refractivity contribution in [3.8, 4) is 11.5 Å². The number of hydrogen-bond acceptors (Lipinski definition) is 6. The topological polar surface area (TPSA) is 103 Å². The van der Waals surface area contributed by atoms with Crippen LogP contribution in [-0.2, 0) is 9.53 Å². The lowest BCUT2D eigenvalue weighted by Crippen LogP contribution is -2.41. The Balaban J connectivity index is 2.76. The molecule has 3 amide bonds. The molecule has 0 heterocycles. The van der Waals surface area contributed by atoms with Crippen molar-refractivity contribution in [2.45, 2.75) is 20.8 Å². The Hall–Kier alpha value is -2.48. The van der Waals surface area contributed by atoms with Gasteiger partial charge in [0.25, 0.3) is 5.91 Å². The van der Waals surface area contributed by atoms with E-state index < -0.39 is 24.5 Å². The number of amides is 3. The van der Waals surface area contributed by atoms with E-state index in [2.05, 4.69) is 5.32 Å². The summed E-state index contributed by atoms with van der Waals surface area (Å²) in [6, 6.07) is 2.11. The van der Waals surface area contributed by atoms with Gasteiger partial charge in [-0.3, -0.25) is 10.1 Å². The molecule has 0 saturated carbocycles. The number of ether oxygens (including phenoxy) is 3. The van der Waals surface area contributed by atoms with E-state index >= 15 is 0 Å². The Morgan fingerprint density at radius 2 is 1.92 bits per heavy atom. The van der Waals surface area contributed by atoms with Crippen molar-refractivity contribution < 1.29 is 28.6 Å². The fraction of sp³-hybridized carbons (Fsp3) is 0.471. The molecule has 0 spiro atoms. The number of urea groups is 1. The van der Waals surface area contributed by atoms with Gasteiger partial charge < -0.3 is 19.5 Å². The first-order valence-corrected chi connectivity index (χ1v) is 8.41. The van der Waals surface area contributed by atoms with Gasteiger partial charge in [-0.15, -0.1) is 0 Å². The fourth-order valence-corrected chi connectivity index (χ4v) is 2.07. The second-order valence-electron chi connectivity index (χ2n) is 5.68. The number of rotatable bonds is 8. The maximum atomic E-state index is 12.1. The molecule has 0 aromatic heterocycles. The lowest BCUT2D eigenvalue weighted by molar-refractivity contribution is -0.123. The predicted octanol–water partition coefficient (Wildman–Crippen LogP) is 2.39. The van der Waals surface area contributed by atoms with E-state index in [4.69, 9.17) is 25.8 Å².